The van der Waals surface area contributed by atoms with Crippen LogP contribution in [0, 0.1) is 5.41 Å². The first-order valence-electron chi connectivity index (χ1n) is 7.18. The highest BCUT2D eigenvalue weighted by Gasteiger charge is 2.31. The van der Waals surface area contributed by atoms with Crippen molar-refractivity contribution in [2.45, 2.75) is 16.6 Å². The number of nitrogens with one attached hydrogen (secondary N) is 2. The van der Waals surface area contributed by atoms with Gasteiger partial charge in [0.15, 0.2) is 5.96 Å². The number of hydrogen-bond acceptors (Lipinski definition) is 2. The standard InChI is InChI=1S/C16H12BrF6N3S/c1-26(10-4-2-3-9(7-10)15(18,19)20)14(24)25-13-8-11(5-6-12(13)17)27-16(21,22)23/h2-8H,1H3,(H2,24,25). The van der Waals surface area contributed by atoms with Gasteiger partial charge in [-0.3, -0.25) is 5.41 Å². The molecule has 2 rings (SSSR count). The molecule has 11 heteroatoms. The van der Waals surface area contributed by atoms with Gasteiger partial charge < -0.3 is 10.2 Å². The molecule has 0 aliphatic rings. The fourth-order valence-electron chi connectivity index (χ4n) is 2.03. The van der Waals surface area contributed by atoms with Gasteiger partial charge in [0, 0.05) is 22.1 Å². The minimum Gasteiger partial charge on any atom is -0.325 e. The molecule has 0 aliphatic heterocycles. The van der Waals surface area contributed by atoms with Gasteiger partial charge >= 0.3 is 11.7 Å². The quantitative estimate of drug-likeness (QED) is 0.230. The van der Waals surface area contributed by atoms with Crippen molar-refractivity contribution in [2.24, 2.45) is 0 Å². The second-order valence-electron chi connectivity index (χ2n) is 5.27. The SMILES string of the molecule is CN(C(=N)Nc1cc(SC(F)(F)F)ccc1Br)c1cccc(C(F)(F)F)c1. The van der Waals surface area contributed by atoms with Gasteiger partial charge in [0.2, 0.25) is 0 Å². The minimum absolute atomic E-state index is 0.0947. The van der Waals surface area contributed by atoms with E-state index < -0.39 is 17.2 Å². The van der Waals surface area contributed by atoms with Gasteiger partial charge in [-0.25, -0.2) is 0 Å². The van der Waals surface area contributed by atoms with E-state index in [0.29, 0.717) is 4.47 Å². The summed E-state index contributed by atoms with van der Waals surface area (Å²) in [5.41, 5.74) is -5.07. The normalized spacial score (nSPS) is 12.0. The maximum atomic E-state index is 12.8. The van der Waals surface area contributed by atoms with Crippen LogP contribution in [0.2, 0.25) is 0 Å². The highest BCUT2D eigenvalue weighted by molar-refractivity contribution is 9.10. The van der Waals surface area contributed by atoms with E-state index in [1.54, 1.807) is 0 Å². The predicted octanol–water partition coefficient (Wildman–Crippen LogP) is 6.56. The largest absolute Gasteiger partial charge is 0.446 e. The zero-order valence-corrected chi connectivity index (χ0v) is 15.9. The predicted molar refractivity (Wildman–Crippen MR) is 97.3 cm³/mol. The Balaban J connectivity index is 2.21. The Morgan fingerprint density at radius 2 is 1.74 bits per heavy atom. The molecule has 2 aromatic rings. The summed E-state index contributed by atoms with van der Waals surface area (Å²) < 4.78 is 76.4. The molecule has 0 atom stereocenters. The number of rotatable bonds is 3. The third-order valence-electron chi connectivity index (χ3n) is 3.32. The molecular weight excluding hydrogens is 460 g/mol. The number of halogens is 7. The monoisotopic (exact) mass is 471 g/mol. The average molecular weight is 472 g/mol. The van der Waals surface area contributed by atoms with E-state index >= 15 is 0 Å². The first kappa shape index (κ1) is 21.4. The maximum absolute atomic E-state index is 12.8. The third-order valence-corrected chi connectivity index (χ3v) is 4.73. The Hall–Kier alpha value is -1.88. The summed E-state index contributed by atoms with van der Waals surface area (Å²) in [6.07, 6.45) is -4.53. The van der Waals surface area contributed by atoms with Gasteiger partial charge in [-0.2, -0.15) is 26.3 Å². The van der Waals surface area contributed by atoms with Gasteiger partial charge in [0.25, 0.3) is 0 Å². The van der Waals surface area contributed by atoms with Crippen LogP contribution in [0.15, 0.2) is 51.8 Å². The first-order valence-corrected chi connectivity index (χ1v) is 8.79. The lowest BCUT2D eigenvalue weighted by molar-refractivity contribution is -0.137. The fourth-order valence-corrected chi connectivity index (χ4v) is 2.95. The summed E-state index contributed by atoms with van der Waals surface area (Å²) in [6, 6.07) is 8.21. The molecule has 0 saturated carbocycles. The average Bonchev–Trinajstić information content (AvgIpc) is 2.55. The molecule has 0 heterocycles. The lowest BCUT2D eigenvalue weighted by Crippen LogP contribution is -2.32. The molecule has 146 valence electrons. The smallest absolute Gasteiger partial charge is 0.325 e. The van der Waals surface area contributed by atoms with Crippen LogP contribution in [-0.4, -0.2) is 18.5 Å². The summed E-state index contributed by atoms with van der Waals surface area (Å²) >= 11 is 2.85. The van der Waals surface area contributed by atoms with Crippen molar-refractivity contribution in [3.05, 3.63) is 52.5 Å². The Morgan fingerprint density at radius 3 is 2.33 bits per heavy atom. The molecule has 0 aliphatic carbocycles. The van der Waals surface area contributed by atoms with E-state index in [2.05, 4.69) is 21.2 Å². The van der Waals surface area contributed by atoms with Gasteiger partial charge in [-0.1, -0.05) is 6.07 Å². The molecule has 0 fully saturated rings. The van der Waals surface area contributed by atoms with Crippen molar-refractivity contribution in [3.63, 3.8) is 0 Å². The summed E-state index contributed by atoms with van der Waals surface area (Å²) in [6.45, 7) is 0. The van der Waals surface area contributed by atoms with Crippen LogP contribution >= 0.6 is 27.7 Å². The van der Waals surface area contributed by atoms with E-state index in [1.165, 1.54) is 37.4 Å². The lowest BCUT2D eigenvalue weighted by atomic mass is 10.2. The van der Waals surface area contributed by atoms with Crippen LogP contribution in [0.3, 0.4) is 0 Å². The lowest BCUT2D eigenvalue weighted by Gasteiger charge is -2.22. The molecule has 0 radical (unpaired) electrons. The zero-order chi connectivity index (χ0) is 20.4. The first-order chi connectivity index (χ1) is 12.4. The van der Waals surface area contributed by atoms with Gasteiger partial charge in [0.1, 0.15) is 0 Å². The molecule has 0 saturated heterocycles. The highest BCUT2D eigenvalue weighted by Crippen LogP contribution is 2.39. The minimum atomic E-state index is -4.53. The van der Waals surface area contributed by atoms with E-state index in [-0.39, 0.29) is 34.0 Å². The molecule has 2 N–H and O–H groups in total. The van der Waals surface area contributed by atoms with Crippen molar-refractivity contribution in [1.82, 2.24) is 0 Å². The number of guanidine groups is 1. The maximum Gasteiger partial charge on any atom is 0.446 e. The number of nitrogens with zero attached hydrogens (tertiary/aromatic N) is 1. The summed E-state index contributed by atoms with van der Waals surface area (Å²) in [5, 5.41) is 10.6. The molecule has 2 aromatic carbocycles. The van der Waals surface area contributed by atoms with Gasteiger partial charge in [-0.05, 0) is 64.1 Å². The van der Waals surface area contributed by atoms with Crippen LogP contribution in [-0.2, 0) is 6.18 Å². The van der Waals surface area contributed by atoms with Crippen LogP contribution < -0.4 is 10.2 Å². The van der Waals surface area contributed by atoms with Crippen LogP contribution in [0.25, 0.3) is 0 Å². The fraction of sp³-hybridized carbons (Fsp3) is 0.188. The molecule has 0 bridgehead atoms. The Bertz CT molecular complexity index is 838. The topological polar surface area (TPSA) is 39.1 Å². The molecular formula is C16H12BrF6N3S. The van der Waals surface area contributed by atoms with Crippen molar-refractivity contribution in [2.75, 3.05) is 17.3 Å². The van der Waals surface area contributed by atoms with E-state index in [0.717, 1.165) is 17.0 Å². The molecule has 0 amide bonds. The van der Waals surface area contributed by atoms with E-state index in [1.807, 2.05) is 0 Å². The Labute approximate surface area is 163 Å². The third kappa shape index (κ3) is 6.06. The zero-order valence-electron chi connectivity index (χ0n) is 13.5. The van der Waals surface area contributed by atoms with Crippen molar-refractivity contribution in [1.29, 1.82) is 5.41 Å². The van der Waals surface area contributed by atoms with Crippen LogP contribution in [0.4, 0.5) is 37.7 Å². The highest BCUT2D eigenvalue weighted by atomic mass is 79.9. The van der Waals surface area contributed by atoms with E-state index in [9.17, 15) is 26.3 Å². The van der Waals surface area contributed by atoms with Crippen molar-refractivity contribution in [3.8, 4) is 0 Å². The number of thioether (sulfide) groups is 1. The van der Waals surface area contributed by atoms with Gasteiger partial charge in [0.05, 0.1) is 11.3 Å². The van der Waals surface area contributed by atoms with Crippen LogP contribution in [0.1, 0.15) is 5.56 Å². The molecule has 3 nitrogen and oxygen atoms in total. The Kier molecular flexibility index (Phi) is 6.35. The molecule has 0 aromatic heterocycles. The number of hydrogen-bond donors (Lipinski definition) is 2. The van der Waals surface area contributed by atoms with E-state index in [4.69, 9.17) is 5.41 Å². The Morgan fingerprint density at radius 1 is 1.07 bits per heavy atom. The summed E-state index contributed by atoms with van der Waals surface area (Å²) in [4.78, 5) is 1.05. The molecule has 0 unspecified atom stereocenters. The number of anilines is 2. The molecule has 0 spiro atoms. The summed E-state index contributed by atoms with van der Waals surface area (Å²) in [7, 11) is 1.37. The van der Waals surface area contributed by atoms with Gasteiger partial charge in [-0.15, -0.1) is 0 Å². The number of benzene rings is 2. The second-order valence-corrected chi connectivity index (χ2v) is 7.26. The number of alkyl halides is 6. The molecule has 27 heavy (non-hydrogen) atoms. The van der Waals surface area contributed by atoms with Crippen LogP contribution in [0.5, 0.6) is 0 Å². The second kappa shape index (κ2) is 8.01. The van der Waals surface area contributed by atoms with Crippen molar-refractivity contribution >= 4 is 45.0 Å². The van der Waals surface area contributed by atoms with Crippen molar-refractivity contribution < 1.29 is 26.3 Å². The summed E-state index contributed by atoms with van der Waals surface area (Å²) in [5.74, 6) is -0.316.